The highest BCUT2D eigenvalue weighted by atomic mass is 16.2. The second kappa shape index (κ2) is 10.7. The molecule has 0 aliphatic rings. The number of aryl methyl sites for hydroxylation is 1. The number of hydrazone groups is 1. The van der Waals surface area contributed by atoms with E-state index < -0.39 is 17.7 Å². The molecule has 3 N–H and O–H groups in total. The van der Waals surface area contributed by atoms with Crippen LogP contribution in [0.3, 0.4) is 0 Å². The first-order chi connectivity index (χ1) is 15.8. The predicted octanol–water partition coefficient (Wildman–Crippen LogP) is 3.40. The summed E-state index contributed by atoms with van der Waals surface area (Å²) in [5, 5.41) is 9.08. The fourth-order valence-corrected chi connectivity index (χ4v) is 2.97. The van der Waals surface area contributed by atoms with Gasteiger partial charge in [0.1, 0.15) is 0 Å². The molecule has 0 saturated carbocycles. The highest BCUT2D eigenvalue weighted by Gasteiger charge is 2.17. The van der Waals surface area contributed by atoms with E-state index in [0.717, 1.165) is 16.8 Å². The third-order valence-electron chi connectivity index (χ3n) is 4.69. The van der Waals surface area contributed by atoms with E-state index in [4.69, 9.17) is 0 Å². The minimum absolute atomic E-state index is 0.214. The monoisotopic (exact) mass is 443 g/mol. The van der Waals surface area contributed by atoms with E-state index in [1.54, 1.807) is 30.3 Å². The standard InChI is InChI=1S/C25H25N5O3/c1-17-7-6-8-19(15-17)27-23(31)21-9-4-5-10-22(21)28-24(32)25(33)29-26-16-18-11-13-20(14-12-18)30(2)3/h4-16H,1-3H3,(H,27,31)(H,28,32)(H,29,33)/b26-16-. The van der Waals surface area contributed by atoms with Crippen molar-refractivity contribution in [3.8, 4) is 0 Å². The maximum atomic E-state index is 12.7. The number of benzene rings is 3. The van der Waals surface area contributed by atoms with Gasteiger partial charge in [0.15, 0.2) is 0 Å². The number of hydrogen-bond acceptors (Lipinski definition) is 5. The highest BCUT2D eigenvalue weighted by Crippen LogP contribution is 2.18. The van der Waals surface area contributed by atoms with E-state index in [1.165, 1.54) is 6.21 Å². The Bertz CT molecular complexity index is 1190. The molecular weight excluding hydrogens is 418 g/mol. The minimum Gasteiger partial charge on any atom is -0.378 e. The van der Waals surface area contributed by atoms with Gasteiger partial charge in [0.25, 0.3) is 5.91 Å². The molecule has 33 heavy (non-hydrogen) atoms. The summed E-state index contributed by atoms with van der Waals surface area (Å²) < 4.78 is 0. The van der Waals surface area contributed by atoms with Crippen LogP contribution in [0.2, 0.25) is 0 Å². The summed E-state index contributed by atoms with van der Waals surface area (Å²) in [7, 11) is 3.87. The largest absolute Gasteiger partial charge is 0.378 e. The van der Waals surface area contributed by atoms with Gasteiger partial charge in [0, 0.05) is 25.5 Å². The summed E-state index contributed by atoms with van der Waals surface area (Å²) in [5.74, 6) is -2.30. The number of hydrogen-bond donors (Lipinski definition) is 3. The van der Waals surface area contributed by atoms with Crippen LogP contribution >= 0.6 is 0 Å². The fourth-order valence-electron chi connectivity index (χ4n) is 2.97. The maximum Gasteiger partial charge on any atom is 0.329 e. The Balaban J connectivity index is 1.61. The molecule has 0 aromatic heterocycles. The molecule has 0 bridgehead atoms. The van der Waals surface area contributed by atoms with Crippen LogP contribution in [0.25, 0.3) is 0 Å². The second-order valence-corrected chi connectivity index (χ2v) is 7.51. The first kappa shape index (κ1) is 23.2. The first-order valence-electron chi connectivity index (χ1n) is 10.2. The van der Waals surface area contributed by atoms with Gasteiger partial charge in [-0.3, -0.25) is 14.4 Å². The molecule has 3 rings (SSSR count). The van der Waals surface area contributed by atoms with Gasteiger partial charge in [-0.05, 0) is 54.4 Å². The Morgan fingerprint density at radius 3 is 2.27 bits per heavy atom. The summed E-state index contributed by atoms with van der Waals surface area (Å²) in [6.45, 7) is 1.92. The lowest BCUT2D eigenvalue weighted by molar-refractivity contribution is -0.136. The lowest BCUT2D eigenvalue weighted by Crippen LogP contribution is -2.33. The maximum absolute atomic E-state index is 12.7. The number of nitrogens with zero attached hydrogens (tertiary/aromatic N) is 2. The molecule has 3 aromatic carbocycles. The van der Waals surface area contributed by atoms with Crippen molar-refractivity contribution < 1.29 is 14.4 Å². The lowest BCUT2D eigenvalue weighted by Gasteiger charge is -2.11. The van der Waals surface area contributed by atoms with Gasteiger partial charge in [-0.15, -0.1) is 0 Å². The average Bonchev–Trinajstić information content (AvgIpc) is 2.79. The molecule has 0 aliphatic carbocycles. The number of carbonyl (C=O) groups excluding carboxylic acids is 3. The Morgan fingerprint density at radius 2 is 1.58 bits per heavy atom. The molecule has 168 valence electrons. The summed E-state index contributed by atoms with van der Waals surface area (Å²) in [6.07, 6.45) is 1.44. The Hall–Kier alpha value is -4.46. The zero-order valence-electron chi connectivity index (χ0n) is 18.6. The van der Waals surface area contributed by atoms with E-state index in [2.05, 4.69) is 21.2 Å². The van der Waals surface area contributed by atoms with Crippen molar-refractivity contribution in [2.45, 2.75) is 6.92 Å². The van der Waals surface area contributed by atoms with E-state index in [1.807, 2.05) is 68.4 Å². The van der Waals surface area contributed by atoms with Gasteiger partial charge in [-0.1, -0.05) is 36.4 Å². The second-order valence-electron chi connectivity index (χ2n) is 7.51. The Morgan fingerprint density at radius 1 is 0.848 bits per heavy atom. The molecule has 0 aliphatic heterocycles. The van der Waals surface area contributed by atoms with Crippen molar-refractivity contribution in [1.29, 1.82) is 0 Å². The van der Waals surface area contributed by atoms with Crippen molar-refractivity contribution in [2.75, 3.05) is 29.6 Å². The van der Waals surface area contributed by atoms with Gasteiger partial charge in [-0.2, -0.15) is 5.10 Å². The summed E-state index contributed by atoms with van der Waals surface area (Å²) in [5.41, 5.74) is 6.05. The molecule has 8 nitrogen and oxygen atoms in total. The van der Waals surface area contributed by atoms with Gasteiger partial charge >= 0.3 is 11.8 Å². The van der Waals surface area contributed by atoms with E-state index in [-0.39, 0.29) is 11.3 Å². The number of para-hydroxylation sites is 1. The highest BCUT2D eigenvalue weighted by molar-refractivity contribution is 6.40. The van der Waals surface area contributed by atoms with Crippen molar-refractivity contribution in [3.05, 3.63) is 89.5 Å². The Labute approximate surface area is 192 Å². The van der Waals surface area contributed by atoms with Crippen LogP contribution in [0.15, 0.2) is 77.9 Å². The molecule has 8 heteroatoms. The van der Waals surface area contributed by atoms with Crippen LogP contribution in [-0.2, 0) is 9.59 Å². The van der Waals surface area contributed by atoms with Crippen molar-refractivity contribution in [3.63, 3.8) is 0 Å². The zero-order chi connectivity index (χ0) is 23.8. The fraction of sp³-hybridized carbons (Fsp3) is 0.120. The number of carbonyl (C=O) groups is 3. The van der Waals surface area contributed by atoms with E-state index >= 15 is 0 Å². The summed E-state index contributed by atoms with van der Waals surface area (Å²) >= 11 is 0. The summed E-state index contributed by atoms with van der Waals surface area (Å²) in [6, 6.07) is 21.3. The minimum atomic E-state index is -0.954. The smallest absolute Gasteiger partial charge is 0.329 e. The van der Waals surface area contributed by atoms with Crippen LogP contribution < -0.4 is 21.0 Å². The van der Waals surface area contributed by atoms with Crippen LogP contribution in [0, 0.1) is 6.92 Å². The third-order valence-corrected chi connectivity index (χ3v) is 4.69. The number of anilines is 3. The summed E-state index contributed by atoms with van der Waals surface area (Å²) in [4.78, 5) is 39.1. The van der Waals surface area contributed by atoms with Crippen LogP contribution in [0.4, 0.5) is 17.1 Å². The number of rotatable bonds is 6. The normalized spacial score (nSPS) is 10.5. The zero-order valence-corrected chi connectivity index (χ0v) is 18.6. The molecule has 0 radical (unpaired) electrons. The quantitative estimate of drug-likeness (QED) is 0.309. The molecule has 0 fully saturated rings. The molecule has 0 heterocycles. The van der Waals surface area contributed by atoms with Crippen molar-refractivity contribution in [2.24, 2.45) is 5.10 Å². The lowest BCUT2D eigenvalue weighted by atomic mass is 10.1. The van der Waals surface area contributed by atoms with Crippen LogP contribution in [-0.4, -0.2) is 38.0 Å². The van der Waals surface area contributed by atoms with Gasteiger partial charge in [0.05, 0.1) is 17.5 Å². The molecule has 0 spiro atoms. The predicted molar refractivity (Wildman–Crippen MR) is 131 cm³/mol. The van der Waals surface area contributed by atoms with Crippen molar-refractivity contribution >= 4 is 41.0 Å². The van der Waals surface area contributed by atoms with Crippen molar-refractivity contribution in [1.82, 2.24) is 5.43 Å². The Kier molecular flexibility index (Phi) is 7.54. The SMILES string of the molecule is Cc1cccc(NC(=O)c2ccccc2NC(=O)C(=O)N/N=C\c2ccc(N(C)C)cc2)c1. The van der Waals surface area contributed by atoms with Gasteiger partial charge < -0.3 is 15.5 Å². The molecule has 0 atom stereocenters. The van der Waals surface area contributed by atoms with Crippen LogP contribution in [0.1, 0.15) is 21.5 Å². The molecule has 3 amide bonds. The van der Waals surface area contributed by atoms with Gasteiger partial charge in [-0.25, -0.2) is 5.43 Å². The first-order valence-corrected chi connectivity index (χ1v) is 10.2. The molecule has 0 unspecified atom stereocenters. The topological polar surface area (TPSA) is 103 Å². The van der Waals surface area contributed by atoms with E-state index in [9.17, 15) is 14.4 Å². The molecular formula is C25H25N5O3. The van der Waals surface area contributed by atoms with E-state index in [0.29, 0.717) is 5.69 Å². The molecule has 3 aromatic rings. The molecule has 0 saturated heterocycles. The number of nitrogens with one attached hydrogen (secondary N) is 3. The van der Waals surface area contributed by atoms with Crippen LogP contribution in [0.5, 0.6) is 0 Å². The number of amides is 3. The van der Waals surface area contributed by atoms with Gasteiger partial charge in [0.2, 0.25) is 0 Å². The average molecular weight is 444 g/mol. The third kappa shape index (κ3) is 6.51.